The molecule has 0 saturated carbocycles. The van der Waals surface area contributed by atoms with E-state index >= 15 is 0 Å². The number of aryl methyl sites for hydroxylation is 1. The second-order valence-corrected chi connectivity index (χ2v) is 8.68. The second kappa shape index (κ2) is 8.42. The van der Waals surface area contributed by atoms with Gasteiger partial charge in [0.25, 0.3) is 11.8 Å². The van der Waals surface area contributed by atoms with E-state index in [-0.39, 0.29) is 11.3 Å². The van der Waals surface area contributed by atoms with Crippen LogP contribution >= 0.6 is 11.3 Å². The Morgan fingerprint density at radius 3 is 2.79 bits per heavy atom. The van der Waals surface area contributed by atoms with Gasteiger partial charge in [-0.3, -0.25) is 9.78 Å². The molecule has 1 saturated heterocycles. The number of hydrogen-bond donors (Lipinski definition) is 0. The number of carbonyl (C=O) groups is 1. The number of ether oxygens (including phenoxy) is 1. The van der Waals surface area contributed by atoms with Gasteiger partial charge in [-0.05, 0) is 50.5 Å². The molecule has 8 heteroatoms. The second-order valence-electron chi connectivity index (χ2n) is 7.39. The number of nitrogens with zero attached hydrogens (tertiary/aromatic N) is 4. The number of thiophene rings is 1. The van der Waals surface area contributed by atoms with Crippen molar-refractivity contribution in [2.75, 3.05) is 26.8 Å². The molecule has 1 fully saturated rings. The lowest BCUT2D eigenvalue weighted by Crippen LogP contribution is -2.46. The Labute approximate surface area is 173 Å². The summed E-state index contributed by atoms with van der Waals surface area (Å²) in [6.45, 7) is 3.95. The third-order valence-electron chi connectivity index (χ3n) is 5.55. The highest BCUT2D eigenvalue weighted by atomic mass is 32.1. The predicted octanol–water partition coefficient (Wildman–Crippen LogP) is 3.71. The van der Waals surface area contributed by atoms with Crippen molar-refractivity contribution in [2.45, 2.75) is 31.6 Å². The first-order chi connectivity index (χ1) is 14.1. The maximum absolute atomic E-state index is 12.8. The summed E-state index contributed by atoms with van der Waals surface area (Å²) in [6.07, 6.45) is 5.76. The molecule has 0 N–H and O–H groups in total. The number of carbonyl (C=O) groups excluding carboxylic acids is 1. The van der Waals surface area contributed by atoms with E-state index in [1.54, 1.807) is 30.8 Å². The Morgan fingerprint density at radius 2 is 2.14 bits per heavy atom. The van der Waals surface area contributed by atoms with Crippen LogP contribution < -0.4 is 0 Å². The van der Waals surface area contributed by atoms with Gasteiger partial charge in [0, 0.05) is 49.5 Å². The van der Waals surface area contributed by atoms with E-state index in [1.165, 1.54) is 0 Å². The van der Waals surface area contributed by atoms with Gasteiger partial charge in [-0.2, -0.15) is 4.98 Å². The van der Waals surface area contributed by atoms with E-state index < -0.39 is 0 Å². The molecule has 0 radical (unpaired) electrons. The number of methoxy groups -OCH3 is 1. The SMILES string of the molecule is COCCC1(c2noc(-c3cccnc3)n2)CCN(C(=O)c2ccc(C)s2)CC1. The number of likely N-dealkylation sites (tertiary alicyclic amines) is 1. The van der Waals surface area contributed by atoms with Crippen LogP contribution in [0.4, 0.5) is 0 Å². The fourth-order valence-electron chi connectivity index (χ4n) is 3.77. The number of aromatic nitrogens is 3. The largest absolute Gasteiger partial charge is 0.385 e. The first-order valence-electron chi connectivity index (χ1n) is 9.70. The third kappa shape index (κ3) is 4.09. The molecular weight excluding hydrogens is 388 g/mol. The van der Waals surface area contributed by atoms with Crippen molar-refractivity contribution >= 4 is 17.2 Å². The maximum Gasteiger partial charge on any atom is 0.263 e. The van der Waals surface area contributed by atoms with Gasteiger partial charge in [-0.1, -0.05) is 5.16 Å². The Balaban J connectivity index is 1.53. The molecule has 7 nitrogen and oxygen atoms in total. The van der Waals surface area contributed by atoms with E-state index in [0.29, 0.717) is 31.4 Å². The summed E-state index contributed by atoms with van der Waals surface area (Å²) < 4.78 is 10.9. The van der Waals surface area contributed by atoms with E-state index in [2.05, 4.69) is 15.1 Å². The lowest BCUT2D eigenvalue weighted by Gasteiger charge is -2.39. The topological polar surface area (TPSA) is 81.3 Å². The Bertz CT molecular complexity index is 961. The summed E-state index contributed by atoms with van der Waals surface area (Å²) in [5.74, 6) is 1.26. The minimum Gasteiger partial charge on any atom is -0.385 e. The molecule has 4 heterocycles. The third-order valence-corrected chi connectivity index (χ3v) is 6.54. The van der Waals surface area contributed by atoms with E-state index in [0.717, 1.165) is 34.6 Å². The Hall–Kier alpha value is -2.58. The Morgan fingerprint density at radius 1 is 1.31 bits per heavy atom. The van der Waals surface area contributed by atoms with Crippen LogP contribution in [-0.4, -0.2) is 52.7 Å². The first-order valence-corrected chi connectivity index (χ1v) is 10.5. The quantitative estimate of drug-likeness (QED) is 0.614. The van der Waals surface area contributed by atoms with Gasteiger partial charge in [-0.15, -0.1) is 11.3 Å². The molecule has 0 atom stereocenters. The average Bonchev–Trinajstić information content (AvgIpc) is 3.43. The molecule has 3 aromatic heterocycles. The van der Waals surface area contributed by atoms with Crippen molar-refractivity contribution in [3.05, 3.63) is 52.2 Å². The van der Waals surface area contributed by atoms with Gasteiger partial charge >= 0.3 is 0 Å². The molecule has 0 spiro atoms. The van der Waals surface area contributed by atoms with Crippen LogP contribution in [0.2, 0.25) is 0 Å². The van der Waals surface area contributed by atoms with Crippen LogP contribution in [0.15, 0.2) is 41.2 Å². The van der Waals surface area contributed by atoms with Crippen LogP contribution in [0.25, 0.3) is 11.5 Å². The highest BCUT2D eigenvalue weighted by molar-refractivity contribution is 7.13. The van der Waals surface area contributed by atoms with Gasteiger partial charge in [0.2, 0.25) is 0 Å². The predicted molar refractivity (Wildman–Crippen MR) is 110 cm³/mol. The van der Waals surface area contributed by atoms with E-state index in [4.69, 9.17) is 9.26 Å². The molecule has 1 aliphatic heterocycles. The van der Waals surface area contributed by atoms with E-state index in [1.807, 2.05) is 36.1 Å². The van der Waals surface area contributed by atoms with Gasteiger partial charge in [0.05, 0.1) is 10.4 Å². The first kappa shape index (κ1) is 19.7. The lowest BCUT2D eigenvalue weighted by molar-refractivity contribution is 0.0621. The minimum atomic E-state index is -0.262. The summed E-state index contributed by atoms with van der Waals surface area (Å²) in [7, 11) is 1.70. The molecule has 29 heavy (non-hydrogen) atoms. The van der Waals surface area contributed by atoms with Gasteiger partial charge in [0.15, 0.2) is 5.82 Å². The van der Waals surface area contributed by atoms with Crippen LogP contribution in [0.1, 0.15) is 39.6 Å². The zero-order valence-corrected chi connectivity index (χ0v) is 17.4. The molecule has 0 unspecified atom stereocenters. The molecule has 1 aliphatic rings. The number of piperidine rings is 1. The monoisotopic (exact) mass is 412 g/mol. The van der Waals surface area contributed by atoms with Crippen LogP contribution in [-0.2, 0) is 10.2 Å². The number of rotatable bonds is 6. The normalized spacial score (nSPS) is 16.1. The molecule has 0 aliphatic carbocycles. The van der Waals surface area contributed by atoms with Gasteiger partial charge < -0.3 is 14.2 Å². The molecule has 3 aromatic rings. The summed E-state index contributed by atoms with van der Waals surface area (Å²) in [5, 5.41) is 4.30. The molecule has 1 amide bonds. The smallest absolute Gasteiger partial charge is 0.263 e. The summed E-state index contributed by atoms with van der Waals surface area (Å²) in [5.41, 5.74) is 0.538. The average molecular weight is 413 g/mol. The van der Waals surface area contributed by atoms with Crippen LogP contribution in [0, 0.1) is 6.92 Å². The Kier molecular flexibility index (Phi) is 5.73. The molecule has 152 valence electrons. The van der Waals surface area contributed by atoms with Crippen molar-refractivity contribution in [2.24, 2.45) is 0 Å². The zero-order chi connectivity index (χ0) is 20.3. The van der Waals surface area contributed by atoms with Crippen molar-refractivity contribution < 1.29 is 14.1 Å². The van der Waals surface area contributed by atoms with Gasteiger partial charge in [-0.25, -0.2) is 0 Å². The summed E-state index contributed by atoms with van der Waals surface area (Å²) in [6, 6.07) is 7.64. The number of pyridine rings is 1. The number of hydrogen-bond acceptors (Lipinski definition) is 7. The zero-order valence-electron chi connectivity index (χ0n) is 16.6. The molecular formula is C21H24N4O3S. The van der Waals surface area contributed by atoms with E-state index in [9.17, 15) is 4.79 Å². The fraction of sp³-hybridized carbons (Fsp3) is 0.429. The molecule has 0 bridgehead atoms. The molecule has 0 aromatic carbocycles. The summed E-state index contributed by atoms with van der Waals surface area (Å²) in [4.78, 5) is 25.5. The van der Waals surface area contributed by atoms with Gasteiger partial charge in [0.1, 0.15) is 0 Å². The fourth-order valence-corrected chi connectivity index (χ4v) is 4.61. The standard InChI is InChI=1S/C21H24N4O3S/c1-15-5-6-17(29-15)19(26)25-11-7-21(8-12-25,9-13-27-2)20-23-18(28-24-20)16-4-3-10-22-14-16/h3-6,10,14H,7-9,11-13H2,1-2H3. The number of amides is 1. The maximum atomic E-state index is 12.8. The molecule has 4 rings (SSSR count). The van der Waals surface area contributed by atoms with Crippen LogP contribution in [0.5, 0.6) is 0 Å². The van der Waals surface area contributed by atoms with Crippen molar-refractivity contribution in [3.63, 3.8) is 0 Å². The highest BCUT2D eigenvalue weighted by Gasteiger charge is 2.41. The minimum absolute atomic E-state index is 0.104. The summed E-state index contributed by atoms with van der Waals surface area (Å²) >= 11 is 1.54. The van der Waals surface area contributed by atoms with Crippen molar-refractivity contribution in [1.29, 1.82) is 0 Å². The van der Waals surface area contributed by atoms with Crippen molar-refractivity contribution in [3.8, 4) is 11.5 Å². The lowest BCUT2D eigenvalue weighted by atomic mass is 9.75. The highest BCUT2D eigenvalue weighted by Crippen LogP contribution is 2.38. The van der Waals surface area contributed by atoms with Crippen LogP contribution in [0.3, 0.4) is 0 Å². The van der Waals surface area contributed by atoms with Crippen molar-refractivity contribution in [1.82, 2.24) is 20.0 Å².